The minimum absolute atomic E-state index is 0.177. The third kappa shape index (κ3) is 18.8. The molecule has 0 radical (unpaired) electrons. The molecule has 0 aliphatic rings. The van der Waals surface area contributed by atoms with Crippen molar-refractivity contribution in [2.45, 2.75) is 234 Å². The molecule has 0 amide bonds. The second-order valence-electron chi connectivity index (χ2n) is 17.7. The molecule has 3 rings (SSSR count). The Balaban J connectivity index is 2.20. The van der Waals surface area contributed by atoms with Gasteiger partial charge < -0.3 is 5.11 Å². The van der Waals surface area contributed by atoms with E-state index in [0.29, 0.717) is 0 Å². The zero-order chi connectivity index (χ0) is 44.8. The van der Waals surface area contributed by atoms with Gasteiger partial charge in [0.15, 0.2) is 0 Å². The number of thiophene rings is 3. The van der Waals surface area contributed by atoms with Crippen molar-refractivity contribution in [3.63, 3.8) is 0 Å². The van der Waals surface area contributed by atoms with Crippen molar-refractivity contribution >= 4 is 70.4 Å². The standard InChI is InChI=1S/C56H85NO2S3/c1-7-13-19-25-31-44-43-60-51(46(44)32-26-20-14-8-2)37-38-52-47(33-27-21-15-9-3)48(34-28-22-16-10-4)53(61-52)39-40-54-49(35-29-23-17-11-5)50(36-30-24-18-12-6)55(62-54)41-45(42-57)56(58)59/h37-41,43H,7-36H2,1-6H3,(H,58,59)/b38-37-,40-39+,45-41+. The average Bonchev–Trinajstić information content (AvgIpc) is 3.93. The van der Waals surface area contributed by atoms with Crippen molar-refractivity contribution in [3.05, 3.63) is 68.7 Å². The highest BCUT2D eigenvalue weighted by Crippen LogP contribution is 2.39. The van der Waals surface area contributed by atoms with Crippen LogP contribution in [0.5, 0.6) is 0 Å². The molecule has 344 valence electrons. The van der Waals surface area contributed by atoms with Gasteiger partial charge >= 0.3 is 5.97 Å². The maximum Gasteiger partial charge on any atom is 0.346 e. The molecule has 3 aromatic rings. The molecule has 0 atom stereocenters. The molecule has 0 bridgehead atoms. The molecular weight excluding hydrogens is 815 g/mol. The first kappa shape index (κ1) is 53.6. The third-order valence-corrected chi connectivity index (χ3v) is 15.9. The van der Waals surface area contributed by atoms with Crippen molar-refractivity contribution < 1.29 is 9.90 Å². The zero-order valence-electron chi connectivity index (χ0n) is 40.2. The van der Waals surface area contributed by atoms with Gasteiger partial charge in [0.05, 0.1) is 0 Å². The molecule has 1 N–H and O–H groups in total. The number of unbranched alkanes of at least 4 members (excludes halogenated alkanes) is 18. The lowest BCUT2D eigenvalue weighted by Crippen LogP contribution is -1.99. The Kier molecular flexibility index (Phi) is 28.4. The van der Waals surface area contributed by atoms with E-state index in [0.717, 1.165) is 43.4 Å². The largest absolute Gasteiger partial charge is 0.477 e. The van der Waals surface area contributed by atoms with E-state index in [2.05, 4.69) is 71.2 Å². The van der Waals surface area contributed by atoms with E-state index in [1.807, 2.05) is 28.7 Å². The van der Waals surface area contributed by atoms with E-state index >= 15 is 0 Å². The Morgan fingerprint density at radius 3 is 1.15 bits per heavy atom. The SMILES string of the molecule is CCCCCCc1csc(/C=C\c2sc(/C=C/c3sc(/C=C(\C#N)C(=O)O)c(CCCCCC)c3CCCCCC)c(CCCCCC)c2CCCCCC)c1CCCCCC. The number of aliphatic carboxylic acids is 1. The summed E-state index contributed by atoms with van der Waals surface area (Å²) in [6.07, 6.45) is 47.9. The van der Waals surface area contributed by atoms with Gasteiger partial charge in [0.1, 0.15) is 11.6 Å². The molecule has 3 aromatic heterocycles. The maximum absolute atomic E-state index is 12.1. The minimum atomic E-state index is -1.15. The van der Waals surface area contributed by atoms with Crippen LogP contribution in [0.2, 0.25) is 0 Å². The quantitative estimate of drug-likeness (QED) is 0.0359. The lowest BCUT2D eigenvalue weighted by Gasteiger charge is -2.09. The molecule has 0 aromatic carbocycles. The van der Waals surface area contributed by atoms with Crippen LogP contribution in [-0.4, -0.2) is 11.1 Å². The Morgan fingerprint density at radius 2 is 0.790 bits per heavy atom. The number of carboxylic acids is 1. The predicted molar refractivity (Wildman–Crippen MR) is 279 cm³/mol. The fourth-order valence-electron chi connectivity index (χ4n) is 8.72. The number of nitriles is 1. The summed E-state index contributed by atoms with van der Waals surface area (Å²) in [7, 11) is 0. The van der Waals surface area contributed by atoms with Gasteiger partial charge in [-0.3, -0.25) is 0 Å². The van der Waals surface area contributed by atoms with Gasteiger partial charge in [0.2, 0.25) is 0 Å². The first-order chi connectivity index (χ1) is 30.4. The second-order valence-corrected chi connectivity index (χ2v) is 20.8. The smallest absolute Gasteiger partial charge is 0.346 e. The Morgan fingerprint density at radius 1 is 0.468 bits per heavy atom. The monoisotopic (exact) mass is 900 g/mol. The van der Waals surface area contributed by atoms with Crippen LogP contribution >= 0.6 is 34.0 Å². The van der Waals surface area contributed by atoms with E-state index in [9.17, 15) is 15.2 Å². The Bertz CT molecular complexity index is 1820. The zero-order valence-corrected chi connectivity index (χ0v) is 42.7. The number of carboxylic acid groups (broad SMARTS) is 1. The minimum Gasteiger partial charge on any atom is -0.477 e. The number of hydrogen-bond acceptors (Lipinski definition) is 5. The molecule has 3 nitrogen and oxygen atoms in total. The van der Waals surface area contributed by atoms with E-state index in [1.54, 1.807) is 39.7 Å². The van der Waals surface area contributed by atoms with E-state index in [-0.39, 0.29) is 5.57 Å². The van der Waals surface area contributed by atoms with Crippen molar-refractivity contribution in [1.82, 2.24) is 0 Å². The summed E-state index contributed by atoms with van der Waals surface area (Å²) >= 11 is 5.65. The highest BCUT2D eigenvalue weighted by molar-refractivity contribution is 7.15. The third-order valence-electron chi connectivity index (χ3n) is 12.5. The highest BCUT2D eigenvalue weighted by Gasteiger charge is 2.20. The first-order valence-electron chi connectivity index (χ1n) is 25.5. The van der Waals surface area contributed by atoms with Crippen molar-refractivity contribution in [2.24, 2.45) is 0 Å². The number of carbonyl (C=O) groups is 1. The summed E-state index contributed by atoms with van der Waals surface area (Å²) < 4.78 is 0. The number of nitrogens with zero attached hydrogens (tertiary/aromatic N) is 1. The van der Waals surface area contributed by atoms with Crippen LogP contribution in [0.3, 0.4) is 0 Å². The molecule has 0 spiro atoms. The van der Waals surface area contributed by atoms with Gasteiger partial charge in [0, 0.05) is 24.4 Å². The molecule has 0 saturated carbocycles. The van der Waals surface area contributed by atoms with E-state index < -0.39 is 5.97 Å². The first-order valence-corrected chi connectivity index (χ1v) is 28.0. The van der Waals surface area contributed by atoms with Gasteiger partial charge in [-0.25, -0.2) is 4.79 Å². The van der Waals surface area contributed by atoms with Crippen LogP contribution in [0.1, 0.15) is 253 Å². The lowest BCUT2D eigenvalue weighted by molar-refractivity contribution is -0.132. The van der Waals surface area contributed by atoms with Crippen LogP contribution in [0.15, 0.2) is 11.0 Å². The van der Waals surface area contributed by atoms with E-state index in [4.69, 9.17) is 0 Å². The summed E-state index contributed by atoms with van der Waals surface area (Å²) in [5.41, 5.74) is 8.81. The van der Waals surface area contributed by atoms with E-state index in [1.165, 1.54) is 185 Å². The lowest BCUT2D eigenvalue weighted by atomic mass is 9.95. The molecule has 62 heavy (non-hydrogen) atoms. The Hall–Kier alpha value is -2.72. The molecule has 0 aliphatic heterocycles. The van der Waals surface area contributed by atoms with Gasteiger partial charge in [0.25, 0.3) is 0 Å². The van der Waals surface area contributed by atoms with Gasteiger partial charge in [-0.1, -0.05) is 157 Å². The van der Waals surface area contributed by atoms with Crippen LogP contribution in [0, 0.1) is 11.3 Å². The predicted octanol–water partition coefficient (Wildman–Crippen LogP) is 18.9. The van der Waals surface area contributed by atoms with Crippen LogP contribution < -0.4 is 0 Å². The van der Waals surface area contributed by atoms with Crippen LogP contribution in [0.25, 0.3) is 30.4 Å². The van der Waals surface area contributed by atoms with Crippen molar-refractivity contribution in [1.29, 1.82) is 5.26 Å². The Labute approximate surface area is 392 Å². The normalized spacial score (nSPS) is 12.1. The molecule has 0 unspecified atom stereocenters. The summed E-state index contributed by atoms with van der Waals surface area (Å²) in [4.78, 5) is 18.6. The summed E-state index contributed by atoms with van der Waals surface area (Å²) in [6, 6.07) is 1.97. The number of hydrogen-bond donors (Lipinski definition) is 1. The van der Waals surface area contributed by atoms with Gasteiger partial charge in [-0.05, 0) is 146 Å². The maximum atomic E-state index is 12.1. The molecule has 0 aliphatic carbocycles. The summed E-state index contributed by atoms with van der Waals surface area (Å²) in [5, 5.41) is 22.2. The number of aryl methyl sites for hydroxylation is 1. The number of rotatable bonds is 36. The molecule has 0 fully saturated rings. The van der Waals surface area contributed by atoms with Crippen molar-refractivity contribution in [2.75, 3.05) is 0 Å². The van der Waals surface area contributed by atoms with Gasteiger partial charge in [-0.2, -0.15) is 5.26 Å². The highest BCUT2D eigenvalue weighted by atomic mass is 32.1. The fraction of sp³-hybridized carbons (Fsp3) is 0.643. The molecular formula is C56H85NO2S3. The summed E-state index contributed by atoms with van der Waals surface area (Å²) in [5.74, 6) is -1.15. The van der Waals surface area contributed by atoms with Crippen LogP contribution in [-0.2, 0) is 43.3 Å². The van der Waals surface area contributed by atoms with Gasteiger partial charge in [-0.15, -0.1) is 34.0 Å². The second kappa shape index (κ2) is 32.9. The topological polar surface area (TPSA) is 61.1 Å². The molecule has 3 heterocycles. The van der Waals surface area contributed by atoms with Crippen molar-refractivity contribution in [3.8, 4) is 6.07 Å². The summed E-state index contributed by atoms with van der Waals surface area (Å²) in [6.45, 7) is 13.7. The fourth-order valence-corrected chi connectivity index (χ4v) is 12.2. The van der Waals surface area contributed by atoms with Crippen LogP contribution in [0.4, 0.5) is 0 Å². The molecule has 0 saturated heterocycles. The molecule has 6 heteroatoms. The average molecular weight is 901 g/mol.